The van der Waals surface area contributed by atoms with Crippen LogP contribution in [0.3, 0.4) is 0 Å². The summed E-state index contributed by atoms with van der Waals surface area (Å²) in [5, 5.41) is 3.03. The minimum atomic E-state index is -4.45. The van der Waals surface area contributed by atoms with E-state index in [1.165, 1.54) is 18.2 Å². The van der Waals surface area contributed by atoms with Crippen molar-refractivity contribution >= 4 is 5.84 Å². The number of nitrogens with two attached hydrogens (primary N) is 2. The summed E-state index contributed by atoms with van der Waals surface area (Å²) in [6, 6.07) is 4.85. The van der Waals surface area contributed by atoms with Crippen molar-refractivity contribution < 1.29 is 13.2 Å². The van der Waals surface area contributed by atoms with Crippen LogP contribution in [0.5, 0.6) is 0 Å². The molecule has 0 saturated heterocycles. The molecule has 14 heavy (non-hydrogen) atoms. The molecular formula is C8H8F3N3. The fourth-order valence-corrected chi connectivity index (χ4v) is 1.02. The fourth-order valence-electron chi connectivity index (χ4n) is 1.02. The van der Waals surface area contributed by atoms with Gasteiger partial charge in [-0.1, -0.05) is 18.2 Å². The van der Waals surface area contributed by atoms with E-state index >= 15 is 0 Å². The molecule has 6 heteroatoms. The molecule has 0 fully saturated rings. The van der Waals surface area contributed by atoms with Crippen molar-refractivity contribution in [1.82, 2.24) is 0 Å². The van der Waals surface area contributed by atoms with E-state index < -0.39 is 11.7 Å². The van der Waals surface area contributed by atoms with Crippen molar-refractivity contribution in [2.75, 3.05) is 0 Å². The topological polar surface area (TPSA) is 64.4 Å². The molecule has 76 valence electrons. The lowest BCUT2D eigenvalue weighted by Gasteiger charge is -2.11. The summed E-state index contributed by atoms with van der Waals surface area (Å²) in [4.78, 5) is 0. The molecule has 0 unspecified atom stereocenters. The first-order valence-corrected chi connectivity index (χ1v) is 3.66. The van der Waals surface area contributed by atoms with E-state index in [1.54, 1.807) is 0 Å². The molecule has 0 aliphatic carbocycles. The number of hydrazone groups is 1. The van der Waals surface area contributed by atoms with Crippen molar-refractivity contribution in [3.63, 3.8) is 0 Å². The third kappa shape index (κ3) is 1.95. The third-order valence-electron chi connectivity index (χ3n) is 1.65. The molecule has 3 nitrogen and oxygen atoms in total. The van der Waals surface area contributed by atoms with Crippen LogP contribution in [-0.2, 0) is 6.18 Å². The molecule has 0 aromatic heterocycles. The van der Waals surface area contributed by atoms with E-state index in [2.05, 4.69) is 5.10 Å². The van der Waals surface area contributed by atoms with Gasteiger partial charge in [-0.05, 0) is 6.07 Å². The molecule has 4 N–H and O–H groups in total. The molecule has 1 rings (SSSR count). The van der Waals surface area contributed by atoms with Crippen LogP contribution < -0.4 is 11.6 Å². The number of benzene rings is 1. The average Bonchev–Trinajstić information content (AvgIpc) is 2.15. The Morgan fingerprint density at radius 2 is 1.79 bits per heavy atom. The van der Waals surface area contributed by atoms with Crippen LogP contribution in [0.25, 0.3) is 0 Å². The lowest BCUT2D eigenvalue weighted by molar-refractivity contribution is -0.137. The molecule has 1 aromatic carbocycles. The Morgan fingerprint density at radius 3 is 2.29 bits per heavy atom. The zero-order chi connectivity index (χ0) is 10.8. The number of rotatable bonds is 1. The van der Waals surface area contributed by atoms with Gasteiger partial charge < -0.3 is 11.6 Å². The summed E-state index contributed by atoms with van der Waals surface area (Å²) in [6.07, 6.45) is -4.45. The van der Waals surface area contributed by atoms with Crippen molar-refractivity contribution in [2.24, 2.45) is 16.7 Å². The van der Waals surface area contributed by atoms with Crippen LogP contribution >= 0.6 is 0 Å². The second kappa shape index (κ2) is 3.57. The summed E-state index contributed by atoms with van der Waals surface area (Å²) >= 11 is 0. The minimum absolute atomic E-state index is 0.206. The van der Waals surface area contributed by atoms with Crippen LogP contribution in [0.4, 0.5) is 13.2 Å². The highest BCUT2D eigenvalue weighted by atomic mass is 19.4. The summed E-state index contributed by atoms with van der Waals surface area (Å²) in [6.45, 7) is 0. The van der Waals surface area contributed by atoms with Crippen LogP contribution in [-0.4, -0.2) is 5.84 Å². The normalized spacial score (nSPS) is 12.9. The van der Waals surface area contributed by atoms with E-state index in [4.69, 9.17) is 11.6 Å². The highest BCUT2D eigenvalue weighted by molar-refractivity contribution is 5.98. The van der Waals surface area contributed by atoms with E-state index in [0.717, 1.165) is 6.07 Å². The number of amidine groups is 1. The maximum absolute atomic E-state index is 12.4. The Hall–Kier alpha value is -1.72. The van der Waals surface area contributed by atoms with Crippen LogP contribution in [0.15, 0.2) is 29.4 Å². The van der Waals surface area contributed by atoms with Gasteiger partial charge in [0.15, 0.2) is 5.84 Å². The molecule has 0 radical (unpaired) electrons. The van der Waals surface area contributed by atoms with Crippen LogP contribution in [0.1, 0.15) is 11.1 Å². The van der Waals surface area contributed by atoms with Crippen LogP contribution in [0, 0.1) is 0 Å². The third-order valence-corrected chi connectivity index (χ3v) is 1.65. The molecule has 0 aliphatic heterocycles. The zero-order valence-corrected chi connectivity index (χ0v) is 7.05. The summed E-state index contributed by atoms with van der Waals surface area (Å²) in [5.41, 5.74) is 4.17. The number of hydrogen-bond donors (Lipinski definition) is 2. The van der Waals surface area contributed by atoms with E-state index in [-0.39, 0.29) is 11.4 Å². The lowest BCUT2D eigenvalue weighted by atomic mass is 10.1. The Labute approximate surface area is 78.2 Å². The number of alkyl halides is 3. The molecule has 0 atom stereocenters. The Morgan fingerprint density at radius 1 is 1.21 bits per heavy atom. The fraction of sp³-hybridized carbons (Fsp3) is 0.125. The first-order chi connectivity index (χ1) is 6.46. The molecule has 1 aromatic rings. The SMILES string of the molecule is N/N=C(/N)c1ccccc1C(F)(F)F. The quantitative estimate of drug-likeness (QED) is 0.312. The maximum Gasteiger partial charge on any atom is 0.417 e. The van der Waals surface area contributed by atoms with Crippen molar-refractivity contribution in [1.29, 1.82) is 0 Å². The Kier molecular flexibility index (Phi) is 2.64. The van der Waals surface area contributed by atoms with Gasteiger partial charge in [0.25, 0.3) is 0 Å². The maximum atomic E-state index is 12.4. The molecule has 0 saturated carbocycles. The van der Waals surface area contributed by atoms with Crippen molar-refractivity contribution in [3.05, 3.63) is 35.4 Å². The van der Waals surface area contributed by atoms with Gasteiger partial charge in [0.05, 0.1) is 5.56 Å². The van der Waals surface area contributed by atoms with Gasteiger partial charge in [-0.15, -0.1) is 0 Å². The van der Waals surface area contributed by atoms with Crippen LogP contribution in [0.2, 0.25) is 0 Å². The van der Waals surface area contributed by atoms with Gasteiger partial charge in [-0.3, -0.25) is 0 Å². The Bertz CT molecular complexity index is 357. The second-order valence-electron chi connectivity index (χ2n) is 2.56. The molecule has 0 aliphatic rings. The Balaban J connectivity index is 3.31. The standard InChI is InChI=1S/C8H8F3N3/c9-8(10,11)6-4-2-1-3-5(6)7(12)14-13/h1-4H,13H2,(H2,12,14). The zero-order valence-electron chi connectivity index (χ0n) is 7.05. The lowest BCUT2D eigenvalue weighted by Crippen LogP contribution is -2.21. The van der Waals surface area contributed by atoms with Gasteiger partial charge in [-0.2, -0.15) is 18.3 Å². The van der Waals surface area contributed by atoms with Gasteiger partial charge >= 0.3 is 6.18 Å². The number of hydrogen-bond acceptors (Lipinski definition) is 2. The first-order valence-electron chi connectivity index (χ1n) is 3.66. The van der Waals surface area contributed by atoms with Crippen molar-refractivity contribution in [2.45, 2.75) is 6.18 Å². The predicted octanol–water partition coefficient (Wildman–Crippen LogP) is 1.28. The van der Waals surface area contributed by atoms with E-state index in [0.29, 0.717) is 0 Å². The molecule has 0 heterocycles. The molecular weight excluding hydrogens is 195 g/mol. The minimum Gasteiger partial charge on any atom is -0.382 e. The van der Waals surface area contributed by atoms with Gasteiger partial charge in [-0.25, -0.2) is 0 Å². The summed E-state index contributed by atoms with van der Waals surface area (Å²) in [7, 11) is 0. The summed E-state index contributed by atoms with van der Waals surface area (Å²) < 4.78 is 37.2. The summed E-state index contributed by atoms with van der Waals surface area (Å²) in [5.74, 6) is 4.48. The van der Waals surface area contributed by atoms with E-state index in [1.807, 2.05) is 0 Å². The average molecular weight is 203 g/mol. The molecule has 0 amide bonds. The van der Waals surface area contributed by atoms with Gasteiger partial charge in [0.2, 0.25) is 0 Å². The van der Waals surface area contributed by atoms with Crippen molar-refractivity contribution in [3.8, 4) is 0 Å². The predicted molar refractivity (Wildman–Crippen MR) is 46.4 cm³/mol. The number of nitrogens with zero attached hydrogens (tertiary/aromatic N) is 1. The largest absolute Gasteiger partial charge is 0.417 e. The highest BCUT2D eigenvalue weighted by Gasteiger charge is 2.33. The van der Waals surface area contributed by atoms with Gasteiger partial charge in [0.1, 0.15) is 0 Å². The number of halogens is 3. The van der Waals surface area contributed by atoms with Gasteiger partial charge in [0, 0.05) is 5.56 Å². The first kappa shape index (κ1) is 10.4. The van der Waals surface area contributed by atoms with E-state index in [9.17, 15) is 13.2 Å². The second-order valence-corrected chi connectivity index (χ2v) is 2.56. The molecule has 0 spiro atoms. The molecule has 0 bridgehead atoms. The monoisotopic (exact) mass is 203 g/mol. The smallest absolute Gasteiger partial charge is 0.382 e. The highest BCUT2D eigenvalue weighted by Crippen LogP contribution is 2.31.